The van der Waals surface area contributed by atoms with Crippen LogP contribution >= 0.6 is 12.6 Å². The maximum Gasteiger partial charge on any atom is 0.223 e. The fourth-order valence-corrected chi connectivity index (χ4v) is 4.23. The van der Waals surface area contributed by atoms with Crippen LogP contribution in [0.15, 0.2) is 0 Å². The van der Waals surface area contributed by atoms with E-state index in [1.807, 2.05) is 4.90 Å². The van der Waals surface area contributed by atoms with Gasteiger partial charge < -0.3 is 10.0 Å². The first-order chi connectivity index (χ1) is 9.07. The number of aliphatic hydroxyl groups is 1. The van der Waals surface area contributed by atoms with Crippen molar-refractivity contribution in [1.82, 2.24) is 4.90 Å². The van der Waals surface area contributed by atoms with Crippen LogP contribution in [0, 0.1) is 11.3 Å². The van der Waals surface area contributed by atoms with Crippen LogP contribution in [0.1, 0.15) is 51.4 Å². The number of fused-ring (bicyclic) bond motifs is 1. The average molecular weight is 283 g/mol. The van der Waals surface area contributed by atoms with Crippen LogP contribution in [0.4, 0.5) is 0 Å². The average Bonchev–Trinajstić information content (AvgIpc) is 3.18. The maximum atomic E-state index is 12.4. The molecule has 1 saturated heterocycles. The SMILES string of the molecule is O=C(CC1(CS)CC1)N1CCC2(O)CCCCC2C1. The number of hydrogen-bond donors (Lipinski definition) is 2. The second kappa shape index (κ2) is 4.96. The standard InChI is InChI=1S/C15H25NO2S/c17-13(9-14(11-19)5-6-14)16-8-7-15(18)4-2-1-3-12(15)10-16/h12,18-19H,1-11H2. The van der Waals surface area contributed by atoms with E-state index in [1.165, 1.54) is 6.42 Å². The summed E-state index contributed by atoms with van der Waals surface area (Å²) >= 11 is 4.38. The fourth-order valence-electron chi connectivity index (χ4n) is 3.80. The number of likely N-dealkylation sites (tertiary alicyclic amines) is 1. The molecule has 1 aliphatic heterocycles. The zero-order valence-corrected chi connectivity index (χ0v) is 12.5. The van der Waals surface area contributed by atoms with Crippen LogP contribution in [0.2, 0.25) is 0 Å². The van der Waals surface area contributed by atoms with E-state index in [1.54, 1.807) is 0 Å². The molecule has 4 heteroatoms. The summed E-state index contributed by atoms with van der Waals surface area (Å²) in [4.78, 5) is 14.4. The van der Waals surface area contributed by atoms with Gasteiger partial charge in [-0.1, -0.05) is 12.8 Å². The molecule has 0 aromatic carbocycles. The van der Waals surface area contributed by atoms with Gasteiger partial charge in [0.25, 0.3) is 0 Å². The van der Waals surface area contributed by atoms with Crippen molar-refractivity contribution in [2.24, 2.45) is 11.3 Å². The topological polar surface area (TPSA) is 40.5 Å². The molecule has 3 nitrogen and oxygen atoms in total. The minimum Gasteiger partial charge on any atom is -0.389 e. The summed E-state index contributed by atoms with van der Waals surface area (Å²) < 4.78 is 0. The number of rotatable bonds is 3. The predicted molar refractivity (Wildman–Crippen MR) is 78.2 cm³/mol. The molecule has 0 aromatic rings. The van der Waals surface area contributed by atoms with E-state index in [0.29, 0.717) is 18.2 Å². The zero-order chi connectivity index (χ0) is 13.5. The van der Waals surface area contributed by atoms with Gasteiger partial charge in [-0.3, -0.25) is 4.79 Å². The summed E-state index contributed by atoms with van der Waals surface area (Å²) in [7, 11) is 0. The van der Waals surface area contributed by atoms with Gasteiger partial charge in [-0.15, -0.1) is 0 Å². The molecular formula is C15H25NO2S. The Bertz CT molecular complexity index is 369. The summed E-state index contributed by atoms with van der Waals surface area (Å²) in [6, 6.07) is 0. The number of carbonyl (C=O) groups excluding carboxylic acids is 1. The molecule has 108 valence electrons. The third kappa shape index (κ3) is 2.66. The number of piperidine rings is 1. The Labute approximate surface area is 121 Å². The van der Waals surface area contributed by atoms with Crippen molar-refractivity contribution in [3.05, 3.63) is 0 Å². The lowest BCUT2D eigenvalue weighted by atomic mass is 9.71. The van der Waals surface area contributed by atoms with Crippen LogP contribution in [0.3, 0.4) is 0 Å². The van der Waals surface area contributed by atoms with Crippen molar-refractivity contribution in [3.63, 3.8) is 0 Å². The highest BCUT2D eigenvalue weighted by Crippen LogP contribution is 2.50. The second-order valence-electron chi connectivity index (χ2n) is 6.97. The molecule has 2 aliphatic carbocycles. The zero-order valence-electron chi connectivity index (χ0n) is 11.6. The van der Waals surface area contributed by atoms with Gasteiger partial charge in [0.1, 0.15) is 0 Å². The molecule has 0 aromatic heterocycles. The summed E-state index contributed by atoms with van der Waals surface area (Å²) in [6.45, 7) is 1.52. The second-order valence-corrected chi connectivity index (χ2v) is 7.29. The van der Waals surface area contributed by atoms with Gasteiger partial charge in [-0.2, -0.15) is 12.6 Å². The van der Waals surface area contributed by atoms with Crippen molar-refractivity contribution in [2.75, 3.05) is 18.8 Å². The summed E-state index contributed by atoms with van der Waals surface area (Å²) in [5.41, 5.74) is -0.268. The molecule has 1 heterocycles. The number of carbonyl (C=O) groups is 1. The molecule has 2 atom stereocenters. The Morgan fingerprint density at radius 3 is 2.74 bits per heavy atom. The molecule has 0 bridgehead atoms. The quantitative estimate of drug-likeness (QED) is 0.780. The van der Waals surface area contributed by atoms with Crippen LogP contribution < -0.4 is 0 Å². The van der Waals surface area contributed by atoms with E-state index in [-0.39, 0.29) is 5.41 Å². The lowest BCUT2D eigenvalue weighted by Gasteiger charge is -2.47. The lowest BCUT2D eigenvalue weighted by Crippen LogP contribution is -2.54. The first-order valence-corrected chi connectivity index (χ1v) is 8.31. The summed E-state index contributed by atoms with van der Waals surface area (Å²) in [5, 5.41) is 10.6. The third-order valence-electron chi connectivity index (χ3n) is 5.60. The van der Waals surface area contributed by atoms with Gasteiger partial charge in [0.2, 0.25) is 5.91 Å². The van der Waals surface area contributed by atoms with E-state index in [9.17, 15) is 9.90 Å². The van der Waals surface area contributed by atoms with Gasteiger partial charge in [-0.05, 0) is 43.3 Å². The molecule has 3 fully saturated rings. The van der Waals surface area contributed by atoms with Crippen molar-refractivity contribution in [1.29, 1.82) is 0 Å². The highest BCUT2D eigenvalue weighted by atomic mass is 32.1. The van der Waals surface area contributed by atoms with Crippen molar-refractivity contribution < 1.29 is 9.90 Å². The van der Waals surface area contributed by atoms with Gasteiger partial charge in [0, 0.05) is 25.4 Å². The third-order valence-corrected chi connectivity index (χ3v) is 6.27. The molecule has 2 saturated carbocycles. The van der Waals surface area contributed by atoms with Crippen molar-refractivity contribution in [3.8, 4) is 0 Å². The van der Waals surface area contributed by atoms with Crippen LogP contribution in [0.5, 0.6) is 0 Å². The number of amides is 1. The van der Waals surface area contributed by atoms with Gasteiger partial charge in [0.15, 0.2) is 0 Å². The Kier molecular flexibility index (Phi) is 3.59. The van der Waals surface area contributed by atoms with E-state index in [0.717, 1.165) is 57.4 Å². The highest BCUT2D eigenvalue weighted by Gasteiger charge is 2.47. The largest absolute Gasteiger partial charge is 0.389 e. The van der Waals surface area contributed by atoms with Crippen molar-refractivity contribution in [2.45, 2.75) is 57.0 Å². The first-order valence-electron chi connectivity index (χ1n) is 7.68. The van der Waals surface area contributed by atoms with E-state index in [2.05, 4.69) is 12.6 Å². The van der Waals surface area contributed by atoms with Crippen LogP contribution in [-0.4, -0.2) is 40.4 Å². The van der Waals surface area contributed by atoms with Gasteiger partial charge in [0.05, 0.1) is 5.60 Å². The maximum absolute atomic E-state index is 12.4. The van der Waals surface area contributed by atoms with Gasteiger partial charge >= 0.3 is 0 Å². The van der Waals surface area contributed by atoms with E-state index in [4.69, 9.17) is 0 Å². The minimum absolute atomic E-state index is 0.209. The van der Waals surface area contributed by atoms with Crippen molar-refractivity contribution >= 4 is 18.5 Å². The van der Waals surface area contributed by atoms with E-state index >= 15 is 0 Å². The molecule has 1 N–H and O–H groups in total. The first kappa shape index (κ1) is 13.7. The fraction of sp³-hybridized carbons (Fsp3) is 0.933. The Balaban J connectivity index is 1.60. The Hall–Kier alpha value is -0.220. The molecule has 0 spiro atoms. The number of thiol groups is 1. The molecule has 3 rings (SSSR count). The minimum atomic E-state index is -0.476. The van der Waals surface area contributed by atoms with Crippen LogP contribution in [-0.2, 0) is 4.79 Å². The molecule has 2 unspecified atom stereocenters. The van der Waals surface area contributed by atoms with E-state index < -0.39 is 5.60 Å². The highest BCUT2D eigenvalue weighted by molar-refractivity contribution is 7.80. The summed E-state index contributed by atoms with van der Waals surface area (Å²) in [6.07, 6.45) is 8.11. The molecule has 3 aliphatic rings. The number of nitrogens with zero attached hydrogens (tertiary/aromatic N) is 1. The smallest absolute Gasteiger partial charge is 0.223 e. The van der Waals surface area contributed by atoms with Gasteiger partial charge in [-0.25, -0.2) is 0 Å². The number of hydrogen-bond acceptors (Lipinski definition) is 3. The predicted octanol–water partition coefficient (Wildman–Crippen LogP) is 2.24. The molecular weight excluding hydrogens is 258 g/mol. The monoisotopic (exact) mass is 283 g/mol. The van der Waals surface area contributed by atoms with Crippen LogP contribution in [0.25, 0.3) is 0 Å². The Morgan fingerprint density at radius 2 is 2.05 bits per heavy atom. The molecule has 0 radical (unpaired) electrons. The normalized spacial score (nSPS) is 36.7. The lowest BCUT2D eigenvalue weighted by molar-refractivity contribution is -0.144. The summed E-state index contributed by atoms with van der Waals surface area (Å²) in [5.74, 6) is 1.43. The molecule has 19 heavy (non-hydrogen) atoms. The molecule has 1 amide bonds. The Morgan fingerprint density at radius 1 is 1.26 bits per heavy atom.